The Morgan fingerprint density at radius 3 is 2.50 bits per heavy atom. The third kappa shape index (κ3) is 3.99. The van der Waals surface area contributed by atoms with Gasteiger partial charge in [0.25, 0.3) is 0 Å². The molecule has 0 rings (SSSR count). The summed E-state index contributed by atoms with van der Waals surface area (Å²) >= 11 is 4.04. The van der Waals surface area contributed by atoms with E-state index in [1.807, 2.05) is 6.92 Å². The fraction of sp³-hybridized carbons (Fsp3) is 0.800. The summed E-state index contributed by atoms with van der Waals surface area (Å²) in [5.74, 6) is -0.0214. The van der Waals surface area contributed by atoms with Crippen LogP contribution >= 0.6 is 12.6 Å². The first-order valence-corrected chi connectivity index (χ1v) is 3.13. The molecule has 48 valence electrons. The summed E-state index contributed by atoms with van der Waals surface area (Å²) in [7, 11) is 0. The number of carbonyl (C=O) groups excluding carboxylic acids is 1. The van der Waals surface area contributed by atoms with Crippen molar-refractivity contribution < 1.29 is 4.79 Å². The fourth-order valence-corrected chi connectivity index (χ4v) is 0.518. The molecule has 0 aromatic heterocycles. The molecule has 1 atom stereocenters. The molecule has 0 aliphatic rings. The van der Waals surface area contributed by atoms with Crippen molar-refractivity contribution in [3.8, 4) is 0 Å². The summed E-state index contributed by atoms with van der Waals surface area (Å²) < 4.78 is 0. The fourth-order valence-electron chi connectivity index (χ4n) is 0.337. The number of carbonyl (C=O) groups is 1. The molecule has 0 aliphatic carbocycles. The molecule has 0 radical (unpaired) electrons. The first-order valence-electron chi connectivity index (χ1n) is 2.62. The van der Waals surface area contributed by atoms with Gasteiger partial charge < -0.3 is 5.32 Å². The molecule has 3 heteroatoms. The van der Waals surface area contributed by atoms with Gasteiger partial charge >= 0.3 is 0 Å². The highest BCUT2D eigenvalue weighted by Crippen LogP contribution is 1.93. The smallest absolute Gasteiger partial charge is 0.217 e. The first-order chi connectivity index (χ1) is 3.66. The van der Waals surface area contributed by atoms with Gasteiger partial charge in [0.15, 0.2) is 0 Å². The van der Waals surface area contributed by atoms with Crippen molar-refractivity contribution >= 4 is 18.5 Å². The number of amides is 1. The summed E-state index contributed by atoms with van der Waals surface area (Å²) in [6.07, 6.45) is 0.864. The lowest BCUT2D eigenvalue weighted by Crippen LogP contribution is -2.27. The number of hydrogen-bond acceptors (Lipinski definition) is 2. The van der Waals surface area contributed by atoms with E-state index in [2.05, 4.69) is 17.9 Å². The van der Waals surface area contributed by atoms with Gasteiger partial charge in [0.05, 0.1) is 5.37 Å². The Bertz CT molecular complexity index is 84.5. The van der Waals surface area contributed by atoms with Gasteiger partial charge in [-0.15, -0.1) is 0 Å². The maximum atomic E-state index is 10.3. The molecule has 0 bridgehead atoms. The lowest BCUT2D eigenvalue weighted by molar-refractivity contribution is -0.119. The minimum Gasteiger partial charge on any atom is -0.345 e. The second-order valence-corrected chi connectivity index (χ2v) is 2.25. The highest BCUT2D eigenvalue weighted by molar-refractivity contribution is 7.80. The van der Waals surface area contributed by atoms with E-state index >= 15 is 0 Å². The van der Waals surface area contributed by atoms with Crippen LogP contribution in [0.3, 0.4) is 0 Å². The van der Waals surface area contributed by atoms with Gasteiger partial charge in [-0.1, -0.05) is 6.92 Å². The molecule has 8 heavy (non-hydrogen) atoms. The number of nitrogens with one attached hydrogen (secondary N) is 1. The third-order valence-corrected chi connectivity index (χ3v) is 1.25. The lowest BCUT2D eigenvalue weighted by Gasteiger charge is -2.06. The largest absolute Gasteiger partial charge is 0.345 e. The topological polar surface area (TPSA) is 29.1 Å². The Labute approximate surface area is 55.1 Å². The summed E-state index contributed by atoms with van der Waals surface area (Å²) in [6, 6.07) is 0. The molecule has 0 heterocycles. The van der Waals surface area contributed by atoms with Crippen LogP contribution in [-0.4, -0.2) is 11.3 Å². The van der Waals surface area contributed by atoms with E-state index in [4.69, 9.17) is 0 Å². The van der Waals surface area contributed by atoms with Crippen LogP contribution in [0.25, 0.3) is 0 Å². The van der Waals surface area contributed by atoms with Gasteiger partial charge in [0, 0.05) is 6.92 Å². The second-order valence-electron chi connectivity index (χ2n) is 1.62. The quantitative estimate of drug-likeness (QED) is 0.423. The van der Waals surface area contributed by atoms with Crippen molar-refractivity contribution in [3.63, 3.8) is 0 Å². The van der Waals surface area contributed by atoms with Crippen molar-refractivity contribution in [2.24, 2.45) is 0 Å². The Morgan fingerprint density at radius 1 is 1.88 bits per heavy atom. The Hall–Kier alpha value is -0.180. The highest BCUT2D eigenvalue weighted by atomic mass is 32.1. The minimum atomic E-state index is -0.0214. The zero-order valence-corrected chi connectivity index (χ0v) is 6.03. The number of thiol groups is 1. The average molecular weight is 133 g/mol. The highest BCUT2D eigenvalue weighted by Gasteiger charge is 1.97. The normalized spacial score (nSPS) is 12.9. The van der Waals surface area contributed by atoms with Crippen LogP contribution in [0.15, 0.2) is 0 Å². The van der Waals surface area contributed by atoms with Gasteiger partial charge in [-0.25, -0.2) is 0 Å². The molecule has 0 saturated heterocycles. The van der Waals surface area contributed by atoms with Crippen LogP contribution in [-0.2, 0) is 4.79 Å². The molecule has 2 nitrogen and oxygen atoms in total. The maximum Gasteiger partial charge on any atom is 0.217 e. The first kappa shape index (κ1) is 7.82. The Kier molecular flexibility index (Phi) is 3.69. The molecule has 0 saturated carbocycles. The SMILES string of the molecule is CCC(S)NC(C)=O. The van der Waals surface area contributed by atoms with Gasteiger partial charge in [-0.3, -0.25) is 4.79 Å². The van der Waals surface area contributed by atoms with E-state index in [0.717, 1.165) is 6.42 Å². The van der Waals surface area contributed by atoms with Crippen molar-refractivity contribution in [1.82, 2.24) is 5.32 Å². The molecule has 0 fully saturated rings. The zero-order chi connectivity index (χ0) is 6.57. The van der Waals surface area contributed by atoms with Crippen LogP contribution < -0.4 is 5.32 Å². The molecule has 0 spiro atoms. The third-order valence-electron chi connectivity index (χ3n) is 0.757. The molecular formula is C5H11NOS. The van der Waals surface area contributed by atoms with Crippen LogP contribution in [0, 0.1) is 0 Å². The average Bonchev–Trinajstić information content (AvgIpc) is 1.65. The second kappa shape index (κ2) is 3.78. The summed E-state index contributed by atoms with van der Waals surface area (Å²) in [6.45, 7) is 3.45. The van der Waals surface area contributed by atoms with Crippen LogP contribution in [0.4, 0.5) is 0 Å². The molecule has 0 aliphatic heterocycles. The van der Waals surface area contributed by atoms with Crippen molar-refractivity contribution in [1.29, 1.82) is 0 Å². The minimum absolute atomic E-state index is 0.0208. The summed E-state index contributed by atoms with van der Waals surface area (Å²) in [4.78, 5) is 10.3. The van der Waals surface area contributed by atoms with E-state index in [0.29, 0.717) is 0 Å². The van der Waals surface area contributed by atoms with E-state index < -0.39 is 0 Å². The van der Waals surface area contributed by atoms with E-state index in [9.17, 15) is 4.79 Å². The van der Waals surface area contributed by atoms with Crippen molar-refractivity contribution in [2.45, 2.75) is 25.6 Å². The molecule has 0 aromatic rings. The molecule has 1 N–H and O–H groups in total. The molecular weight excluding hydrogens is 122 g/mol. The van der Waals surface area contributed by atoms with Gasteiger partial charge in [-0.2, -0.15) is 12.6 Å². The van der Waals surface area contributed by atoms with Gasteiger partial charge in [-0.05, 0) is 6.42 Å². The Balaban J connectivity index is 3.24. The van der Waals surface area contributed by atoms with Crippen molar-refractivity contribution in [2.75, 3.05) is 0 Å². The summed E-state index contributed by atoms with van der Waals surface area (Å²) in [5, 5.41) is 2.64. The van der Waals surface area contributed by atoms with E-state index in [1.54, 1.807) is 0 Å². The predicted molar refractivity (Wildman–Crippen MR) is 36.9 cm³/mol. The van der Waals surface area contributed by atoms with E-state index in [1.165, 1.54) is 6.92 Å². The monoisotopic (exact) mass is 133 g/mol. The molecule has 1 unspecified atom stereocenters. The van der Waals surface area contributed by atoms with Gasteiger partial charge in [0.2, 0.25) is 5.91 Å². The maximum absolute atomic E-state index is 10.3. The molecule has 0 aromatic carbocycles. The zero-order valence-electron chi connectivity index (χ0n) is 5.14. The number of hydrogen-bond donors (Lipinski definition) is 2. The summed E-state index contributed by atoms with van der Waals surface area (Å²) in [5.41, 5.74) is 0. The van der Waals surface area contributed by atoms with Crippen LogP contribution in [0.5, 0.6) is 0 Å². The van der Waals surface area contributed by atoms with E-state index in [-0.39, 0.29) is 11.3 Å². The van der Waals surface area contributed by atoms with Crippen LogP contribution in [0.2, 0.25) is 0 Å². The predicted octanol–water partition coefficient (Wildman–Crippen LogP) is 0.788. The number of rotatable bonds is 2. The van der Waals surface area contributed by atoms with Gasteiger partial charge in [0.1, 0.15) is 0 Å². The lowest BCUT2D eigenvalue weighted by atomic mass is 10.5. The Morgan fingerprint density at radius 2 is 2.38 bits per heavy atom. The molecule has 1 amide bonds. The standard InChI is InChI=1S/C5H11NOS/c1-3-5(8)6-4(2)7/h5,8H,3H2,1-2H3,(H,6,7). The van der Waals surface area contributed by atoms with Crippen LogP contribution in [0.1, 0.15) is 20.3 Å². The van der Waals surface area contributed by atoms with Crippen molar-refractivity contribution in [3.05, 3.63) is 0 Å².